The van der Waals surface area contributed by atoms with E-state index in [9.17, 15) is 4.79 Å². The molecule has 1 fully saturated rings. The Bertz CT molecular complexity index is 462. The third-order valence-corrected chi connectivity index (χ3v) is 5.44. The Morgan fingerprint density at radius 3 is 2.67 bits per heavy atom. The molecule has 0 atom stereocenters. The first-order valence-electron chi connectivity index (χ1n) is 7.60. The lowest BCUT2D eigenvalue weighted by Crippen LogP contribution is -2.59. The predicted octanol–water partition coefficient (Wildman–Crippen LogP) is 2.54. The Hall–Kier alpha value is -0.430. The van der Waals surface area contributed by atoms with E-state index in [0.717, 1.165) is 36.4 Å². The summed E-state index contributed by atoms with van der Waals surface area (Å²) in [4.78, 5) is 18.1. The highest BCUT2D eigenvalue weighted by Crippen LogP contribution is 2.23. The molecule has 0 saturated carbocycles. The van der Waals surface area contributed by atoms with Crippen LogP contribution in [0.4, 0.5) is 0 Å². The maximum atomic E-state index is 12.6. The minimum absolute atomic E-state index is 0.238. The Labute approximate surface area is 139 Å². The Morgan fingerprint density at radius 2 is 2.19 bits per heavy atom. The molecule has 6 heteroatoms. The third-order valence-electron chi connectivity index (χ3n) is 3.84. The molecule has 0 aromatic carbocycles. The number of rotatable bonds is 8. The molecule has 1 saturated heterocycles. The van der Waals surface area contributed by atoms with Crippen LogP contribution in [0.1, 0.15) is 25.1 Å². The number of carbonyl (C=O) groups excluding carboxylic acids is 1. The highest BCUT2D eigenvalue weighted by molar-refractivity contribution is 9.11. The summed E-state index contributed by atoms with van der Waals surface area (Å²) < 4.78 is 1.12. The molecule has 0 unspecified atom stereocenters. The fourth-order valence-electron chi connectivity index (χ4n) is 2.48. The van der Waals surface area contributed by atoms with Crippen LogP contribution >= 0.6 is 27.3 Å². The molecular weight excluding hydrogens is 350 g/mol. The number of hydrogen-bond acceptors (Lipinski definition) is 4. The average molecular weight is 374 g/mol. The van der Waals surface area contributed by atoms with E-state index < -0.39 is 0 Å². The molecule has 2 heterocycles. The second kappa shape index (κ2) is 8.27. The molecule has 4 nitrogen and oxygen atoms in total. The van der Waals surface area contributed by atoms with Gasteiger partial charge in [-0.05, 0) is 48.0 Å². The highest BCUT2D eigenvalue weighted by atomic mass is 79.9. The lowest BCUT2D eigenvalue weighted by Gasteiger charge is -2.38. The summed E-state index contributed by atoms with van der Waals surface area (Å²) in [5.41, 5.74) is 0. The van der Waals surface area contributed by atoms with Crippen molar-refractivity contribution in [3.05, 3.63) is 20.8 Å². The van der Waals surface area contributed by atoms with Crippen LogP contribution in [-0.4, -0.2) is 54.5 Å². The molecule has 0 aliphatic carbocycles. The van der Waals surface area contributed by atoms with Gasteiger partial charge in [0, 0.05) is 30.6 Å². The SMILES string of the molecule is CCCN(CC(=O)N(CC)Cc1ccc(Br)s1)C1CNC1. The van der Waals surface area contributed by atoms with E-state index in [1.807, 2.05) is 11.0 Å². The van der Waals surface area contributed by atoms with Crippen LogP contribution in [0.25, 0.3) is 0 Å². The summed E-state index contributed by atoms with van der Waals surface area (Å²) in [6.45, 7) is 9.26. The van der Waals surface area contributed by atoms with Crippen LogP contribution in [0, 0.1) is 0 Å². The molecule has 1 amide bonds. The molecule has 2 rings (SSSR count). The fourth-order valence-corrected chi connectivity index (χ4v) is 3.98. The topological polar surface area (TPSA) is 35.6 Å². The van der Waals surface area contributed by atoms with Gasteiger partial charge >= 0.3 is 0 Å². The van der Waals surface area contributed by atoms with Crippen molar-refractivity contribution in [3.63, 3.8) is 0 Å². The van der Waals surface area contributed by atoms with Crippen molar-refractivity contribution in [1.82, 2.24) is 15.1 Å². The van der Waals surface area contributed by atoms with Gasteiger partial charge in [0.15, 0.2) is 0 Å². The molecule has 1 N–H and O–H groups in total. The normalized spacial score (nSPS) is 15.2. The summed E-state index contributed by atoms with van der Waals surface area (Å²) >= 11 is 5.18. The smallest absolute Gasteiger partial charge is 0.237 e. The first kappa shape index (κ1) is 16.9. The summed E-state index contributed by atoms with van der Waals surface area (Å²) in [5.74, 6) is 0.238. The van der Waals surface area contributed by atoms with Gasteiger partial charge in [-0.15, -0.1) is 11.3 Å². The van der Waals surface area contributed by atoms with Gasteiger partial charge in [-0.25, -0.2) is 0 Å². The van der Waals surface area contributed by atoms with Crippen molar-refractivity contribution in [1.29, 1.82) is 0 Å². The third kappa shape index (κ3) is 4.77. The van der Waals surface area contributed by atoms with E-state index >= 15 is 0 Å². The lowest BCUT2D eigenvalue weighted by atomic mass is 10.1. The van der Waals surface area contributed by atoms with Crippen molar-refractivity contribution in [2.45, 2.75) is 32.9 Å². The van der Waals surface area contributed by atoms with Crippen molar-refractivity contribution >= 4 is 33.2 Å². The largest absolute Gasteiger partial charge is 0.337 e. The van der Waals surface area contributed by atoms with Crippen LogP contribution in [0.3, 0.4) is 0 Å². The van der Waals surface area contributed by atoms with Gasteiger partial charge in [-0.2, -0.15) is 0 Å². The zero-order valence-corrected chi connectivity index (χ0v) is 15.2. The van der Waals surface area contributed by atoms with E-state index in [1.165, 1.54) is 4.88 Å². The quantitative estimate of drug-likeness (QED) is 0.760. The van der Waals surface area contributed by atoms with Gasteiger partial charge < -0.3 is 10.2 Å². The van der Waals surface area contributed by atoms with E-state index in [2.05, 4.69) is 46.1 Å². The van der Waals surface area contributed by atoms with Gasteiger partial charge in [0.25, 0.3) is 0 Å². The average Bonchev–Trinajstić information content (AvgIpc) is 2.79. The minimum Gasteiger partial charge on any atom is -0.337 e. The zero-order valence-electron chi connectivity index (χ0n) is 12.8. The minimum atomic E-state index is 0.238. The molecule has 1 aromatic rings. The van der Waals surface area contributed by atoms with Gasteiger partial charge in [0.05, 0.1) is 16.9 Å². The Morgan fingerprint density at radius 1 is 1.43 bits per heavy atom. The fraction of sp³-hybridized carbons (Fsp3) is 0.667. The summed E-state index contributed by atoms with van der Waals surface area (Å²) in [7, 11) is 0. The number of nitrogens with one attached hydrogen (secondary N) is 1. The van der Waals surface area contributed by atoms with E-state index in [1.54, 1.807) is 11.3 Å². The van der Waals surface area contributed by atoms with Crippen molar-refractivity contribution in [2.24, 2.45) is 0 Å². The maximum Gasteiger partial charge on any atom is 0.237 e. The number of amides is 1. The standard InChI is InChI=1S/C15H24BrN3OS/c1-3-7-19(12-8-17-9-12)11-15(20)18(4-2)10-13-5-6-14(16)21-13/h5-6,12,17H,3-4,7-11H2,1-2H3. The van der Waals surface area contributed by atoms with E-state index in [4.69, 9.17) is 0 Å². The lowest BCUT2D eigenvalue weighted by molar-refractivity contribution is -0.133. The first-order valence-corrected chi connectivity index (χ1v) is 9.21. The van der Waals surface area contributed by atoms with Crippen molar-refractivity contribution in [2.75, 3.05) is 32.7 Å². The molecule has 1 aromatic heterocycles. The van der Waals surface area contributed by atoms with Crippen LogP contribution in [0.2, 0.25) is 0 Å². The molecule has 1 aliphatic heterocycles. The van der Waals surface area contributed by atoms with E-state index in [-0.39, 0.29) is 5.91 Å². The number of nitrogens with zero attached hydrogens (tertiary/aromatic N) is 2. The first-order chi connectivity index (χ1) is 10.1. The number of likely N-dealkylation sites (N-methyl/N-ethyl adjacent to an activating group) is 1. The molecule has 0 spiro atoms. The number of halogens is 1. The number of thiophene rings is 1. The second-order valence-corrected chi connectivity index (χ2v) is 7.94. The van der Waals surface area contributed by atoms with Crippen LogP contribution < -0.4 is 5.32 Å². The molecule has 0 radical (unpaired) electrons. The Balaban J connectivity index is 1.91. The maximum absolute atomic E-state index is 12.6. The molecule has 0 bridgehead atoms. The van der Waals surface area contributed by atoms with Crippen LogP contribution in [0.5, 0.6) is 0 Å². The van der Waals surface area contributed by atoms with Gasteiger partial charge in [-0.1, -0.05) is 6.92 Å². The van der Waals surface area contributed by atoms with Gasteiger partial charge in [-0.3, -0.25) is 9.69 Å². The summed E-state index contributed by atoms with van der Waals surface area (Å²) in [6, 6.07) is 4.66. The highest BCUT2D eigenvalue weighted by Gasteiger charge is 2.26. The number of carbonyl (C=O) groups is 1. The molecule has 1 aliphatic rings. The molecule has 118 valence electrons. The van der Waals surface area contributed by atoms with E-state index in [0.29, 0.717) is 19.1 Å². The van der Waals surface area contributed by atoms with Crippen molar-refractivity contribution in [3.8, 4) is 0 Å². The zero-order chi connectivity index (χ0) is 15.2. The van der Waals surface area contributed by atoms with Crippen LogP contribution in [0.15, 0.2) is 15.9 Å². The van der Waals surface area contributed by atoms with Crippen molar-refractivity contribution < 1.29 is 4.79 Å². The number of hydrogen-bond donors (Lipinski definition) is 1. The molecular formula is C15H24BrN3OS. The summed E-state index contributed by atoms with van der Waals surface area (Å²) in [6.07, 6.45) is 1.09. The van der Waals surface area contributed by atoms with Gasteiger partial charge in [0.2, 0.25) is 5.91 Å². The summed E-state index contributed by atoms with van der Waals surface area (Å²) in [5, 5.41) is 3.29. The van der Waals surface area contributed by atoms with Crippen LogP contribution in [-0.2, 0) is 11.3 Å². The second-order valence-electron chi connectivity index (χ2n) is 5.40. The molecule has 21 heavy (non-hydrogen) atoms. The Kier molecular flexibility index (Phi) is 6.67. The van der Waals surface area contributed by atoms with Gasteiger partial charge in [0.1, 0.15) is 0 Å². The predicted molar refractivity (Wildman–Crippen MR) is 91.6 cm³/mol. The monoisotopic (exact) mass is 373 g/mol.